The van der Waals surface area contributed by atoms with E-state index in [9.17, 15) is 4.79 Å². The zero-order valence-corrected chi connectivity index (χ0v) is 16.1. The number of carbonyl (C=O) groups is 1. The molecule has 0 aliphatic rings. The number of hydrogen-bond donors (Lipinski definition) is 1. The number of nitrogens with one attached hydrogen (secondary N) is 1. The van der Waals surface area contributed by atoms with Crippen molar-refractivity contribution in [2.75, 3.05) is 12.4 Å². The van der Waals surface area contributed by atoms with Gasteiger partial charge in [-0.3, -0.25) is 14.5 Å². The number of methoxy groups -OCH3 is 1. The second-order valence-electron chi connectivity index (χ2n) is 6.04. The molecule has 0 aliphatic carbocycles. The van der Waals surface area contributed by atoms with E-state index >= 15 is 0 Å². The Morgan fingerprint density at radius 1 is 1.21 bits per heavy atom. The normalized spacial score (nSPS) is 10.6. The van der Waals surface area contributed by atoms with E-state index in [1.54, 1.807) is 41.7 Å². The molecule has 0 radical (unpaired) electrons. The van der Waals surface area contributed by atoms with Crippen molar-refractivity contribution in [1.29, 1.82) is 0 Å². The summed E-state index contributed by atoms with van der Waals surface area (Å²) in [6.45, 7) is 0. The first-order chi connectivity index (χ1) is 13.6. The second kappa shape index (κ2) is 7.61. The van der Waals surface area contributed by atoms with Gasteiger partial charge < -0.3 is 10.1 Å². The van der Waals surface area contributed by atoms with E-state index in [1.165, 1.54) is 7.11 Å². The van der Waals surface area contributed by atoms with Crippen molar-refractivity contribution in [3.63, 3.8) is 0 Å². The van der Waals surface area contributed by atoms with Crippen molar-refractivity contribution in [2.45, 2.75) is 0 Å². The summed E-state index contributed by atoms with van der Waals surface area (Å²) < 4.78 is 6.70. The molecule has 140 valence electrons. The number of anilines is 1. The van der Waals surface area contributed by atoms with E-state index in [-0.39, 0.29) is 11.8 Å². The van der Waals surface area contributed by atoms with Gasteiger partial charge in [0.25, 0.3) is 5.91 Å². The average Bonchev–Trinajstić information content (AvgIpc) is 3.36. The van der Waals surface area contributed by atoms with Gasteiger partial charge in [-0.25, -0.2) is 4.98 Å². The van der Waals surface area contributed by atoms with Gasteiger partial charge in [-0.1, -0.05) is 12.1 Å². The van der Waals surface area contributed by atoms with E-state index in [0.717, 1.165) is 21.8 Å². The Morgan fingerprint density at radius 3 is 2.86 bits per heavy atom. The van der Waals surface area contributed by atoms with Crippen molar-refractivity contribution in [3.05, 3.63) is 65.9 Å². The number of ether oxygens (including phenoxy) is 1. The van der Waals surface area contributed by atoms with Crippen LogP contribution in [0.4, 0.5) is 5.69 Å². The molecule has 3 aromatic heterocycles. The Hall–Kier alpha value is -3.52. The van der Waals surface area contributed by atoms with Gasteiger partial charge in [0.05, 0.1) is 12.8 Å². The Labute approximate surface area is 165 Å². The topological polar surface area (TPSA) is 81.9 Å². The molecule has 1 amide bonds. The van der Waals surface area contributed by atoms with Gasteiger partial charge in [0.15, 0.2) is 0 Å². The first-order valence-corrected chi connectivity index (χ1v) is 9.37. The molecular weight excluding hydrogens is 374 g/mol. The maximum atomic E-state index is 12.6. The minimum atomic E-state index is -0.281. The van der Waals surface area contributed by atoms with E-state index < -0.39 is 0 Å². The zero-order chi connectivity index (χ0) is 19.5. The highest BCUT2D eigenvalue weighted by Crippen LogP contribution is 2.29. The lowest BCUT2D eigenvalue weighted by atomic mass is 10.1. The number of amides is 1. The number of benzene rings is 1. The molecule has 3 heterocycles. The molecule has 0 atom stereocenters. The molecule has 0 aliphatic heterocycles. The fraction of sp³-hybridized carbons (Fsp3) is 0.100. The summed E-state index contributed by atoms with van der Waals surface area (Å²) in [5.74, 6) is 0.00759. The molecule has 0 fully saturated rings. The number of aryl methyl sites for hydroxylation is 1. The number of rotatable bonds is 5. The van der Waals surface area contributed by atoms with Crippen LogP contribution in [0.2, 0.25) is 0 Å². The molecule has 0 unspecified atom stereocenters. The van der Waals surface area contributed by atoms with E-state index in [4.69, 9.17) is 9.72 Å². The Bertz CT molecular complexity index is 1120. The number of thiazole rings is 1. The summed E-state index contributed by atoms with van der Waals surface area (Å²) in [5.41, 5.74) is 3.79. The maximum Gasteiger partial charge on any atom is 0.262 e. The molecule has 4 aromatic rings. The predicted molar refractivity (Wildman–Crippen MR) is 108 cm³/mol. The second-order valence-corrected chi connectivity index (χ2v) is 6.90. The molecule has 8 heteroatoms. The van der Waals surface area contributed by atoms with Gasteiger partial charge in [-0.05, 0) is 24.3 Å². The van der Waals surface area contributed by atoms with E-state index in [0.29, 0.717) is 11.3 Å². The van der Waals surface area contributed by atoms with E-state index in [2.05, 4.69) is 15.4 Å². The highest BCUT2D eigenvalue weighted by Gasteiger charge is 2.17. The molecule has 28 heavy (non-hydrogen) atoms. The third kappa shape index (κ3) is 3.63. The van der Waals surface area contributed by atoms with Crippen molar-refractivity contribution in [1.82, 2.24) is 19.7 Å². The third-order valence-corrected chi connectivity index (χ3v) is 4.95. The Balaban J connectivity index is 1.57. The Kier molecular flexibility index (Phi) is 4.86. The largest absolute Gasteiger partial charge is 0.479 e. The molecule has 4 rings (SSSR count). The summed E-state index contributed by atoms with van der Waals surface area (Å²) >= 11 is 1.56. The molecule has 0 spiro atoms. The fourth-order valence-corrected chi connectivity index (χ4v) is 3.58. The third-order valence-electron chi connectivity index (χ3n) is 4.06. The first-order valence-electron chi connectivity index (χ1n) is 8.49. The molecule has 1 N–H and O–H groups in total. The van der Waals surface area contributed by atoms with Crippen molar-refractivity contribution < 1.29 is 9.53 Å². The lowest BCUT2D eigenvalue weighted by molar-refractivity contribution is 0.102. The minimum absolute atomic E-state index is 0.281. The van der Waals surface area contributed by atoms with Crippen LogP contribution in [0.3, 0.4) is 0 Å². The summed E-state index contributed by atoms with van der Waals surface area (Å²) in [7, 11) is 3.23. The Morgan fingerprint density at radius 2 is 2.07 bits per heavy atom. The number of pyridine rings is 1. The van der Waals surface area contributed by atoms with Crippen molar-refractivity contribution in [2.24, 2.45) is 7.05 Å². The van der Waals surface area contributed by atoms with E-state index in [1.807, 2.05) is 41.8 Å². The number of carbonyl (C=O) groups excluding carboxylic acids is 1. The van der Waals surface area contributed by atoms with Crippen LogP contribution in [-0.2, 0) is 7.05 Å². The smallest absolute Gasteiger partial charge is 0.262 e. The predicted octanol–water partition coefficient (Wildman–Crippen LogP) is 3.87. The SMILES string of the molecule is COc1nn(C)cc1C(=O)Nc1cccc(-c2csc(-c3cccnc3)n2)c1. The number of nitrogens with zero attached hydrogens (tertiary/aromatic N) is 4. The van der Waals surface area contributed by atoms with Crippen LogP contribution in [0.5, 0.6) is 5.88 Å². The summed E-state index contributed by atoms with van der Waals surface area (Å²) in [5, 5.41) is 9.89. The van der Waals surface area contributed by atoms with Gasteiger partial charge >= 0.3 is 0 Å². The number of aromatic nitrogens is 4. The maximum absolute atomic E-state index is 12.6. The first kappa shape index (κ1) is 17.9. The van der Waals surface area contributed by atoms with Crippen molar-refractivity contribution >= 4 is 22.9 Å². The van der Waals surface area contributed by atoms with Crippen LogP contribution in [0.1, 0.15) is 10.4 Å². The van der Waals surface area contributed by atoms with Crippen LogP contribution in [0, 0.1) is 0 Å². The summed E-state index contributed by atoms with van der Waals surface area (Å²) in [4.78, 5) is 21.4. The molecule has 1 aromatic carbocycles. The van der Waals surface area contributed by atoms with Crippen molar-refractivity contribution in [3.8, 4) is 27.7 Å². The molecule has 0 saturated carbocycles. The highest BCUT2D eigenvalue weighted by molar-refractivity contribution is 7.13. The zero-order valence-electron chi connectivity index (χ0n) is 15.3. The van der Waals surface area contributed by atoms with Gasteiger partial charge in [0, 0.05) is 47.8 Å². The van der Waals surface area contributed by atoms with Crippen LogP contribution in [-0.4, -0.2) is 32.8 Å². The van der Waals surface area contributed by atoms with Gasteiger partial charge in [0.2, 0.25) is 5.88 Å². The number of hydrogen-bond acceptors (Lipinski definition) is 6. The van der Waals surface area contributed by atoms with Crippen LogP contribution >= 0.6 is 11.3 Å². The van der Waals surface area contributed by atoms with Gasteiger partial charge in [-0.15, -0.1) is 16.4 Å². The van der Waals surface area contributed by atoms with Crippen LogP contribution in [0.25, 0.3) is 21.8 Å². The lowest BCUT2D eigenvalue weighted by Crippen LogP contribution is -2.12. The minimum Gasteiger partial charge on any atom is -0.479 e. The van der Waals surface area contributed by atoms with Crippen LogP contribution < -0.4 is 10.1 Å². The monoisotopic (exact) mass is 391 g/mol. The molecule has 0 saturated heterocycles. The lowest BCUT2D eigenvalue weighted by Gasteiger charge is -2.06. The molecule has 0 bridgehead atoms. The average molecular weight is 391 g/mol. The molecular formula is C20H17N5O2S. The summed E-state index contributed by atoms with van der Waals surface area (Å²) in [6, 6.07) is 11.4. The molecule has 7 nitrogen and oxygen atoms in total. The standard InChI is InChI=1S/C20H17N5O2S/c1-25-11-16(19(24-25)27-2)18(26)22-15-7-3-5-13(9-15)17-12-28-20(23-17)14-6-4-8-21-10-14/h3-12H,1-2H3,(H,22,26). The summed E-state index contributed by atoms with van der Waals surface area (Å²) in [6.07, 6.45) is 5.15. The fourth-order valence-electron chi connectivity index (χ4n) is 2.76. The quantitative estimate of drug-likeness (QED) is 0.558. The highest BCUT2D eigenvalue weighted by atomic mass is 32.1. The van der Waals surface area contributed by atoms with Crippen LogP contribution in [0.15, 0.2) is 60.4 Å². The van der Waals surface area contributed by atoms with Gasteiger partial charge in [-0.2, -0.15) is 0 Å². The van der Waals surface area contributed by atoms with Gasteiger partial charge in [0.1, 0.15) is 10.6 Å².